The fourth-order valence-electron chi connectivity index (χ4n) is 3.03. The third-order valence-corrected chi connectivity index (χ3v) is 6.06. The highest BCUT2D eigenvalue weighted by molar-refractivity contribution is 7.89. The largest absolute Gasteiger partial charge is 0.381 e. The monoisotopic (exact) mass is 295 g/mol. The van der Waals surface area contributed by atoms with Crippen LogP contribution in [-0.2, 0) is 21.2 Å². The first-order chi connectivity index (χ1) is 9.56. The number of hydrogen-bond acceptors (Lipinski definition) is 3. The lowest BCUT2D eigenvalue weighted by atomic mass is 9.96. The third-order valence-electron chi connectivity index (χ3n) is 4.59. The van der Waals surface area contributed by atoms with Gasteiger partial charge in [0.2, 0.25) is 10.0 Å². The van der Waals surface area contributed by atoms with E-state index in [1.54, 1.807) is 12.1 Å². The summed E-state index contributed by atoms with van der Waals surface area (Å²) < 4.78 is 33.1. The summed E-state index contributed by atoms with van der Waals surface area (Å²) in [7, 11) is -3.40. The first kappa shape index (κ1) is 14.0. The fourth-order valence-corrected chi connectivity index (χ4v) is 4.44. The third kappa shape index (κ3) is 2.62. The first-order valence-electron chi connectivity index (χ1n) is 7.25. The van der Waals surface area contributed by atoms with Crippen molar-refractivity contribution in [3.8, 4) is 0 Å². The number of benzene rings is 1. The van der Waals surface area contributed by atoms with Crippen LogP contribution < -0.4 is 4.72 Å². The maximum atomic E-state index is 12.4. The van der Waals surface area contributed by atoms with Gasteiger partial charge in [0, 0.05) is 19.3 Å². The molecule has 1 atom stereocenters. The molecule has 1 saturated heterocycles. The van der Waals surface area contributed by atoms with E-state index in [0.29, 0.717) is 4.90 Å². The molecule has 0 aromatic heterocycles. The first-order valence-corrected chi connectivity index (χ1v) is 8.73. The lowest BCUT2D eigenvalue weighted by Crippen LogP contribution is -2.32. The summed E-state index contributed by atoms with van der Waals surface area (Å²) >= 11 is 0. The normalized spacial score (nSPS) is 24.8. The standard InChI is InChI=1S/C15H21NO3S/c1-2-12-4-3-5-13(10-12)20(17,18)16-14-11-15(14)6-8-19-9-7-15/h3-5,10,14,16H,2,6-9,11H2,1H3. The number of sulfonamides is 1. The minimum absolute atomic E-state index is 0.0849. The van der Waals surface area contributed by atoms with Crippen molar-refractivity contribution in [1.29, 1.82) is 0 Å². The zero-order valence-electron chi connectivity index (χ0n) is 11.8. The van der Waals surface area contributed by atoms with Crippen molar-refractivity contribution in [2.45, 2.75) is 43.5 Å². The molecule has 5 heteroatoms. The van der Waals surface area contributed by atoms with Gasteiger partial charge in [0.15, 0.2) is 0 Å². The molecule has 0 bridgehead atoms. The van der Waals surface area contributed by atoms with E-state index in [-0.39, 0.29) is 11.5 Å². The molecule has 4 nitrogen and oxygen atoms in total. The Kier molecular flexibility index (Phi) is 3.60. The van der Waals surface area contributed by atoms with Gasteiger partial charge < -0.3 is 4.74 Å². The highest BCUT2D eigenvalue weighted by Crippen LogP contribution is 2.53. The summed E-state index contributed by atoms with van der Waals surface area (Å²) in [6, 6.07) is 7.28. The average Bonchev–Trinajstić information content (AvgIpc) is 3.10. The molecular weight excluding hydrogens is 274 g/mol. The summed E-state index contributed by atoms with van der Waals surface area (Å²) in [5, 5.41) is 0. The molecule has 2 fully saturated rings. The van der Waals surface area contributed by atoms with Crippen LogP contribution in [0.15, 0.2) is 29.2 Å². The molecule has 1 aromatic rings. The Morgan fingerprint density at radius 2 is 2.10 bits per heavy atom. The topological polar surface area (TPSA) is 55.4 Å². The van der Waals surface area contributed by atoms with E-state index < -0.39 is 10.0 Å². The number of rotatable bonds is 4. The van der Waals surface area contributed by atoms with Crippen molar-refractivity contribution in [2.24, 2.45) is 5.41 Å². The molecule has 0 radical (unpaired) electrons. The van der Waals surface area contributed by atoms with Crippen molar-refractivity contribution in [3.05, 3.63) is 29.8 Å². The van der Waals surface area contributed by atoms with Gasteiger partial charge in [0.1, 0.15) is 0 Å². The van der Waals surface area contributed by atoms with E-state index in [1.807, 2.05) is 19.1 Å². The van der Waals surface area contributed by atoms with Crippen LogP contribution in [0.5, 0.6) is 0 Å². The molecule has 3 rings (SSSR count). The van der Waals surface area contributed by atoms with Crippen molar-refractivity contribution < 1.29 is 13.2 Å². The molecule has 2 aliphatic rings. The Hall–Kier alpha value is -0.910. The van der Waals surface area contributed by atoms with Gasteiger partial charge >= 0.3 is 0 Å². The van der Waals surface area contributed by atoms with Gasteiger partial charge in [0.05, 0.1) is 4.90 Å². The van der Waals surface area contributed by atoms with Crippen molar-refractivity contribution >= 4 is 10.0 Å². The summed E-state index contributed by atoms with van der Waals surface area (Å²) in [6.45, 7) is 3.53. The van der Waals surface area contributed by atoms with Gasteiger partial charge in [-0.25, -0.2) is 13.1 Å². The SMILES string of the molecule is CCc1cccc(S(=O)(=O)NC2CC23CCOCC3)c1. The van der Waals surface area contributed by atoms with Crippen LogP contribution >= 0.6 is 0 Å². The van der Waals surface area contributed by atoms with Crippen LogP contribution in [0.4, 0.5) is 0 Å². The summed E-state index contributed by atoms with van der Waals surface area (Å²) in [6.07, 6.45) is 3.72. The van der Waals surface area contributed by atoms with Gasteiger partial charge in [-0.05, 0) is 48.8 Å². The van der Waals surface area contributed by atoms with Crippen LogP contribution in [0.1, 0.15) is 31.7 Å². The lowest BCUT2D eigenvalue weighted by molar-refractivity contribution is 0.0553. The number of nitrogens with one attached hydrogen (secondary N) is 1. The zero-order chi connectivity index (χ0) is 14.2. The molecule has 1 heterocycles. The molecule has 0 amide bonds. The van der Waals surface area contributed by atoms with Crippen molar-refractivity contribution in [2.75, 3.05) is 13.2 Å². The Bertz CT molecular complexity index is 591. The molecule has 1 aliphatic heterocycles. The van der Waals surface area contributed by atoms with Crippen molar-refractivity contribution in [3.63, 3.8) is 0 Å². The molecule has 110 valence electrons. The molecule has 20 heavy (non-hydrogen) atoms. The summed E-state index contributed by atoms with van der Waals surface area (Å²) in [5.74, 6) is 0. The Balaban J connectivity index is 1.73. The highest BCUT2D eigenvalue weighted by atomic mass is 32.2. The minimum atomic E-state index is -3.40. The van der Waals surface area contributed by atoms with Gasteiger partial charge in [-0.3, -0.25) is 0 Å². The molecule has 1 N–H and O–H groups in total. The van der Waals surface area contributed by atoms with E-state index in [4.69, 9.17) is 4.74 Å². The van der Waals surface area contributed by atoms with Crippen molar-refractivity contribution in [1.82, 2.24) is 4.72 Å². The molecule has 1 saturated carbocycles. The van der Waals surface area contributed by atoms with Gasteiger partial charge in [-0.1, -0.05) is 19.1 Å². The Morgan fingerprint density at radius 1 is 1.35 bits per heavy atom. The Labute approximate surface area is 120 Å². The van der Waals surface area contributed by atoms with E-state index in [9.17, 15) is 8.42 Å². The Morgan fingerprint density at radius 3 is 2.80 bits per heavy atom. The van der Waals surface area contributed by atoms with Crippen LogP contribution in [0, 0.1) is 5.41 Å². The average molecular weight is 295 g/mol. The quantitative estimate of drug-likeness (QED) is 0.925. The molecule has 1 unspecified atom stereocenters. The lowest BCUT2D eigenvalue weighted by Gasteiger charge is -2.23. The second kappa shape index (κ2) is 5.13. The van der Waals surface area contributed by atoms with Crippen LogP contribution in [0.3, 0.4) is 0 Å². The molecule has 1 aliphatic carbocycles. The second-order valence-electron chi connectivity index (χ2n) is 5.85. The van der Waals surface area contributed by atoms with Gasteiger partial charge in [-0.2, -0.15) is 0 Å². The predicted octanol–water partition coefficient (Wildman–Crippen LogP) is 2.10. The number of ether oxygens (including phenoxy) is 1. The maximum absolute atomic E-state index is 12.4. The van der Waals surface area contributed by atoms with Crippen LogP contribution in [0.25, 0.3) is 0 Å². The maximum Gasteiger partial charge on any atom is 0.240 e. The summed E-state index contributed by atoms with van der Waals surface area (Å²) in [4.78, 5) is 0.381. The van der Waals surface area contributed by atoms with Crippen LogP contribution in [-0.4, -0.2) is 27.7 Å². The summed E-state index contributed by atoms with van der Waals surface area (Å²) in [5.41, 5.74) is 1.21. The minimum Gasteiger partial charge on any atom is -0.381 e. The van der Waals surface area contributed by atoms with Gasteiger partial charge in [-0.15, -0.1) is 0 Å². The highest BCUT2D eigenvalue weighted by Gasteiger charge is 2.55. The van der Waals surface area contributed by atoms with E-state index in [0.717, 1.165) is 44.5 Å². The molecule has 1 aromatic carbocycles. The van der Waals surface area contributed by atoms with E-state index in [2.05, 4.69) is 4.72 Å². The van der Waals surface area contributed by atoms with E-state index >= 15 is 0 Å². The van der Waals surface area contributed by atoms with E-state index in [1.165, 1.54) is 0 Å². The van der Waals surface area contributed by atoms with Gasteiger partial charge in [0.25, 0.3) is 0 Å². The number of aryl methyl sites for hydroxylation is 1. The number of hydrogen-bond donors (Lipinski definition) is 1. The zero-order valence-corrected chi connectivity index (χ0v) is 12.6. The smallest absolute Gasteiger partial charge is 0.240 e. The fraction of sp³-hybridized carbons (Fsp3) is 0.600. The second-order valence-corrected chi connectivity index (χ2v) is 7.57. The predicted molar refractivity (Wildman–Crippen MR) is 77.0 cm³/mol. The molecular formula is C15H21NO3S. The molecule has 1 spiro atoms. The van der Waals surface area contributed by atoms with Crippen LogP contribution in [0.2, 0.25) is 0 Å².